The molecule has 1 nitrogen and oxygen atoms in total. The molecule has 0 unspecified atom stereocenters. The molecule has 1 rings (SSSR count). The predicted molar refractivity (Wildman–Crippen MR) is 62.2 cm³/mol. The van der Waals surface area contributed by atoms with E-state index < -0.39 is 8.24 Å². The lowest BCUT2D eigenvalue weighted by Crippen LogP contribution is -2.51. The number of hydrogen-bond acceptors (Lipinski definition) is 1. The van der Waals surface area contributed by atoms with Crippen molar-refractivity contribution >= 4 is 8.24 Å². The van der Waals surface area contributed by atoms with Crippen molar-refractivity contribution in [1.29, 1.82) is 0 Å². The summed E-state index contributed by atoms with van der Waals surface area (Å²) < 4.78 is 0. The lowest BCUT2D eigenvalue weighted by Gasteiger charge is -2.38. The van der Waals surface area contributed by atoms with Gasteiger partial charge in [0.2, 0.25) is 0 Å². The third-order valence-electron chi connectivity index (χ3n) is 3.12. The summed E-state index contributed by atoms with van der Waals surface area (Å²) in [5.74, 6) is 0. The number of hydrogen-bond donors (Lipinski definition) is 1. The van der Waals surface area contributed by atoms with Crippen LogP contribution in [0.5, 0.6) is 0 Å². The van der Waals surface area contributed by atoms with Crippen LogP contribution in [0.25, 0.3) is 0 Å². The van der Waals surface area contributed by atoms with Crippen molar-refractivity contribution in [2.45, 2.75) is 45.3 Å². The van der Waals surface area contributed by atoms with Crippen molar-refractivity contribution in [3.05, 3.63) is 23.9 Å². The smallest absolute Gasteiger partial charge is 0.152 e. The second kappa shape index (κ2) is 3.33. The van der Waals surface area contributed by atoms with Crippen molar-refractivity contribution in [3.63, 3.8) is 0 Å². The number of allylic oxidation sites excluding steroid dienone is 3. The first-order chi connectivity index (χ1) is 5.83. The largest absolute Gasteiger partial charge is 0.413 e. The van der Waals surface area contributed by atoms with Crippen LogP contribution in [0.15, 0.2) is 23.9 Å². The molecule has 0 spiro atoms. The van der Waals surface area contributed by atoms with Gasteiger partial charge in [-0.1, -0.05) is 46.0 Å². The molecule has 0 amide bonds. The van der Waals surface area contributed by atoms with E-state index in [1.165, 1.54) is 5.70 Å². The molecule has 0 aromatic rings. The fourth-order valence-corrected chi connectivity index (χ4v) is 2.49. The van der Waals surface area contributed by atoms with Gasteiger partial charge >= 0.3 is 0 Å². The molecular weight excluding hydrogens is 174 g/mol. The van der Waals surface area contributed by atoms with Gasteiger partial charge in [0.1, 0.15) is 0 Å². The Morgan fingerprint density at radius 1 is 1.31 bits per heavy atom. The van der Waals surface area contributed by atoms with Crippen molar-refractivity contribution in [3.8, 4) is 0 Å². The quantitative estimate of drug-likeness (QED) is 0.666. The second-order valence-electron chi connectivity index (χ2n) is 5.32. The van der Waals surface area contributed by atoms with Crippen molar-refractivity contribution in [2.24, 2.45) is 0 Å². The SMILES string of the molecule is CC(C)(C)[Si](C)(C)NC1=CC=CC1. The highest BCUT2D eigenvalue weighted by Gasteiger charge is 2.35. The molecule has 0 fully saturated rings. The minimum absolute atomic E-state index is 0.413. The van der Waals surface area contributed by atoms with Crippen LogP contribution in [-0.4, -0.2) is 8.24 Å². The fraction of sp³-hybridized carbons (Fsp3) is 0.636. The molecule has 0 saturated carbocycles. The third kappa shape index (κ3) is 2.47. The predicted octanol–water partition coefficient (Wildman–Crippen LogP) is 3.43. The van der Waals surface area contributed by atoms with Crippen LogP contribution in [0.3, 0.4) is 0 Å². The van der Waals surface area contributed by atoms with Gasteiger partial charge in [0.05, 0.1) is 0 Å². The Morgan fingerprint density at radius 3 is 2.31 bits per heavy atom. The van der Waals surface area contributed by atoms with Crippen LogP contribution < -0.4 is 4.98 Å². The summed E-state index contributed by atoms with van der Waals surface area (Å²) in [6.45, 7) is 11.8. The van der Waals surface area contributed by atoms with E-state index in [9.17, 15) is 0 Å². The number of nitrogens with one attached hydrogen (secondary N) is 1. The summed E-state index contributed by atoms with van der Waals surface area (Å²) in [6.07, 6.45) is 7.62. The summed E-state index contributed by atoms with van der Waals surface area (Å²) >= 11 is 0. The molecule has 1 aliphatic rings. The Hall–Kier alpha value is -0.503. The van der Waals surface area contributed by atoms with Crippen LogP contribution >= 0.6 is 0 Å². The molecule has 0 aromatic carbocycles. The van der Waals surface area contributed by atoms with Crippen LogP contribution in [-0.2, 0) is 0 Å². The summed E-state index contributed by atoms with van der Waals surface area (Å²) in [4.78, 5) is 3.73. The average Bonchev–Trinajstić information content (AvgIpc) is 2.35. The molecule has 0 saturated heterocycles. The second-order valence-corrected chi connectivity index (χ2v) is 10.3. The molecule has 0 radical (unpaired) electrons. The maximum atomic E-state index is 3.73. The molecule has 13 heavy (non-hydrogen) atoms. The van der Waals surface area contributed by atoms with Gasteiger partial charge in [0, 0.05) is 12.1 Å². The lowest BCUT2D eigenvalue weighted by atomic mass is 10.2. The Morgan fingerprint density at radius 2 is 1.92 bits per heavy atom. The zero-order chi connectivity index (χ0) is 10.1. The van der Waals surface area contributed by atoms with Gasteiger partial charge in [-0.05, 0) is 11.1 Å². The molecule has 0 aromatic heterocycles. The van der Waals surface area contributed by atoms with Crippen molar-refractivity contribution in [2.75, 3.05) is 0 Å². The van der Waals surface area contributed by atoms with E-state index in [2.05, 4.69) is 57.1 Å². The Bertz CT molecular complexity index is 243. The number of rotatable bonds is 2. The van der Waals surface area contributed by atoms with E-state index in [4.69, 9.17) is 0 Å². The lowest BCUT2D eigenvalue weighted by molar-refractivity contribution is 0.700. The summed E-state index contributed by atoms with van der Waals surface area (Å²) in [6, 6.07) is 0. The highest BCUT2D eigenvalue weighted by atomic mass is 28.3. The van der Waals surface area contributed by atoms with E-state index >= 15 is 0 Å². The molecule has 0 aliphatic heterocycles. The van der Waals surface area contributed by atoms with E-state index in [0.717, 1.165) is 6.42 Å². The molecule has 2 heteroatoms. The van der Waals surface area contributed by atoms with Gasteiger partial charge in [0.15, 0.2) is 8.24 Å². The van der Waals surface area contributed by atoms with Crippen molar-refractivity contribution in [1.82, 2.24) is 4.98 Å². The zero-order valence-electron chi connectivity index (χ0n) is 9.44. The van der Waals surface area contributed by atoms with Gasteiger partial charge < -0.3 is 4.98 Å². The van der Waals surface area contributed by atoms with Crippen LogP contribution in [0.4, 0.5) is 0 Å². The molecule has 74 valence electrons. The first-order valence-electron chi connectivity index (χ1n) is 4.97. The third-order valence-corrected chi connectivity index (χ3v) is 7.82. The standard InChI is InChI=1S/C11H21NSi/c1-11(2,3)13(4,5)12-10-8-6-7-9-10/h6-8,12H,9H2,1-5H3. The molecule has 1 N–H and O–H groups in total. The zero-order valence-corrected chi connectivity index (χ0v) is 10.4. The average molecular weight is 195 g/mol. The van der Waals surface area contributed by atoms with Gasteiger partial charge in [-0.25, -0.2) is 0 Å². The normalized spacial score (nSPS) is 17.5. The van der Waals surface area contributed by atoms with E-state index in [1.54, 1.807) is 0 Å². The molecule has 0 atom stereocenters. The fourth-order valence-electron chi connectivity index (χ4n) is 1.13. The van der Waals surface area contributed by atoms with Gasteiger partial charge in [-0.2, -0.15) is 0 Å². The van der Waals surface area contributed by atoms with E-state index in [-0.39, 0.29) is 0 Å². The maximum absolute atomic E-state index is 3.73. The highest BCUT2D eigenvalue weighted by molar-refractivity contribution is 6.78. The van der Waals surface area contributed by atoms with Crippen LogP contribution in [0.2, 0.25) is 18.1 Å². The first kappa shape index (κ1) is 10.6. The minimum atomic E-state index is -1.33. The maximum Gasteiger partial charge on any atom is 0.152 e. The van der Waals surface area contributed by atoms with Crippen molar-refractivity contribution < 1.29 is 0 Å². The Kier molecular flexibility index (Phi) is 2.71. The van der Waals surface area contributed by atoms with E-state index in [1.807, 2.05) is 0 Å². The topological polar surface area (TPSA) is 12.0 Å². The van der Waals surface area contributed by atoms with Gasteiger partial charge in [-0.3, -0.25) is 0 Å². The highest BCUT2D eigenvalue weighted by Crippen LogP contribution is 2.34. The Balaban J connectivity index is 2.62. The Labute approximate surface area is 83.0 Å². The first-order valence-corrected chi connectivity index (χ1v) is 7.97. The van der Waals surface area contributed by atoms with E-state index in [0.29, 0.717) is 5.04 Å². The molecular formula is C11H21NSi. The van der Waals surface area contributed by atoms with Crippen LogP contribution in [0, 0.1) is 0 Å². The monoisotopic (exact) mass is 195 g/mol. The van der Waals surface area contributed by atoms with Gasteiger partial charge in [-0.15, -0.1) is 0 Å². The molecule has 0 heterocycles. The van der Waals surface area contributed by atoms with Gasteiger partial charge in [0.25, 0.3) is 0 Å². The summed E-state index contributed by atoms with van der Waals surface area (Å²) in [5.41, 5.74) is 1.39. The minimum Gasteiger partial charge on any atom is -0.413 e. The molecule has 1 aliphatic carbocycles. The van der Waals surface area contributed by atoms with Crippen LogP contribution in [0.1, 0.15) is 27.2 Å². The summed E-state index contributed by atoms with van der Waals surface area (Å²) in [5, 5.41) is 0.413. The summed E-state index contributed by atoms with van der Waals surface area (Å²) in [7, 11) is -1.33. The molecule has 0 bridgehead atoms.